The maximum atomic E-state index is 12.7. The molecule has 0 aromatic rings. The summed E-state index contributed by atoms with van der Waals surface area (Å²) in [7, 11) is -4.06. The molecule has 0 aliphatic heterocycles. The van der Waals surface area contributed by atoms with E-state index in [1.54, 1.807) is 0 Å². The summed E-state index contributed by atoms with van der Waals surface area (Å²) >= 11 is 0. The van der Waals surface area contributed by atoms with Crippen LogP contribution in [0.4, 0.5) is 0 Å². The van der Waals surface area contributed by atoms with Crippen LogP contribution < -0.4 is 4.72 Å². The number of hydrogen-bond acceptors (Lipinski definition) is 8. The summed E-state index contributed by atoms with van der Waals surface area (Å²) in [6.07, 6.45) is 39.3. The fourth-order valence-electron chi connectivity index (χ4n) is 6.37. The van der Waals surface area contributed by atoms with Gasteiger partial charge in [-0.25, -0.2) is 0 Å². The van der Waals surface area contributed by atoms with Crippen LogP contribution in [0.2, 0.25) is 0 Å². The monoisotopic (exact) mass is 799 g/mol. The van der Waals surface area contributed by atoms with Crippen LogP contribution in [0.3, 0.4) is 0 Å². The molecule has 9 nitrogen and oxygen atoms in total. The van der Waals surface area contributed by atoms with E-state index >= 15 is 0 Å². The molecule has 0 rings (SSSR count). The highest BCUT2D eigenvalue weighted by molar-refractivity contribution is 7.84. The first-order valence-corrected chi connectivity index (χ1v) is 24.2. The van der Waals surface area contributed by atoms with E-state index in [-0.39, 0.29) is 32.0 Å². The SMILES string of the molecule is CCCCCCCCC=CCCCCCCCC(=O)OCC(COS(=O)(=O)NCCN(CC)CC)OC(=O)CCCCCCCC=CCCCCCCCC. The Morgan fingerprint density at radius 2 is 0.945 bits per heavy atom. The molecule has 1 N–H and O–H groups in total. The minimum atomic E-state index is -4.06. The van der Waals surface area contributed by atoms with E-state index in [0.717, 1.165) is 83.7 Å². The Labute approximate surface area is 339 Å². The third-order valence-corrected chi connectivity index (χ3v) is 11.0. The molecule has 0 aromatic carbocycles. The number of allylic oxidation sites excluding steroid dienone is 4. The van der Waals surface area contributed by atoms with Crippen molar-refractivity contribution in [2.75, 3.05) is 39.4 Å². The van der Waals surface area contributed by atoms with Crippen molar-refractivity contribution in [3.63, 3.8) is 0 Å². The Hall–Kier alpha value is -1.75. The summed E-state index contributed by atoms with van der Waals surface area (Å²) < 4.78 is 43.6. The third kappa shape index (κ3) is 38.9. The van der Waals surface area contributed by atoms with E-state index in [2.05, 4.69) is 47.8 Å². The van der Waals surface area contributed by atoms with Gasteiger partial charge >= 0.3 is 22.2 Å². The average Bonchev–Trinajstić information content (AvgIpc) is 3.17. The summed E-state index contributed by atoms with van der Waals surface area (Å²) in [6, 6.07) is 0. The van der Waals surface area contributed by atoms with Gasteiger partial charge < -0.3 is 14.4 Å². The number of nitrogens with one attached hydrogen (secondary N) is 1. The van der Waals surface area contributed by atoms with Crippen LogP contribution in [0, 0.1) is 0 Å². The molecule has 0 fully saturated rings. The average molecular weight is 799 g/mol. The van der Waals surface area contributed by atoms with Gasteiger partial charge in [0.25, 0.3) is 0 Å². The van der Waals surface area contributed by atoms with Gasteiger partial charge in [0.1, 0.15) is 13.2 Å². The number of hydrogen-bond donors (Lipinski definition) is 1. The van der Waals surface area contributed by atoms with E-state index in [0.29, 0.717) is 13.0 Å². The second kappa shape index (κ2) is 40.4. The van der Waals surface area contributed by atoms with Gasteiger partial charge in [-0.15, -0.1) is 0 Å². The zero-order valence-corrected chi connectivity index (χ0v) is 37.0. The molecule has 10 heteroatoms. The van der Waals surface area contributed by atoms with Gasteiger partial charge in [0, 0.05) is 25.9 Å². The predicted molar refractivity (Wildman–Crippen MR) is 230 cm³/mol. The lowest BCUT2D eigenvalue weighted by Crippen LogP contribution is -2.37. The fourth-order valence-corrected chi connectivity index (χ4v) is 7.13. The van der Waals surface area contributed by atoms with Crippen molar-refractivity contribution in [1.82, 2.24) is 9.62 Å². The molecule has 55 heavy (non-hydrogen) atoms. The molecule has 0 heterocycles. The molecule has 0 saturated carbocycles. The van der Waals surface area contributed by atoms with Crippen LogP contribution >= 0.6 is 0 Å². The van der Waals surface area contributed by atoms with Crippen molar-refractivity contribution in [1.29, 1.82) is 0 Å². The smallest absolute Gasteiger partial charge is 0.336 e. The predicted octanol–water partition coefficient (Wildman–Crippen LogP) is 11.7. The summed E-state index contributed by atoms with van der Waals surface area (Å²) in [6.45, 7) is 10.3. The van der Waals surface area contributed by atoms with Gasteiger partial charge in [0.2, 0.25) is 0 Å². The topological polar surface area (TPSA) is 111 Å². The summed E-state index contributed by atoms with van der Waals surface area (Å²) in [5.41, 5.74) is 0. The van der Waals surface area contributed by atoms with Crippen molar-refractivity contribution in [3.8, 4) is 0 Å². The Balaban J connectivity index is 4.43. The second-order valence-electron chi connectivity index (χ2n) is 15.1. The Kier molecular flexibility index (Phi) is 39.2. The van der Waals surface area contributed by atoms with Crippen molar-refractivity contribution in [2.24, 2.45) is 0 Å². The molecule has 0 aliphatic rings. The summed E-state index contributed by atoms with van der Waals surface area (Å²) in [5.74, 6) is -0.817. The molecule has 0 aromatic heterocycles. The number of carbonyl (C=O) groups excluding carboxylic acids is 2. The van der Waals surface area contributed by atoms with Gasteiger partial charge in [0.15, 0.2) is 6.10 Å². The van der Waals surface area contributed by atoms with Gasteiger partial charge in [-0.2, -0.15) is 13.1 Å². The van der Waals surface area contributed by atoms with E-state index in [1.165, 1.54) is 89.9 Å². The summed E-state index contributed by atoms with van der Waals surface area (Å²) in [4.78, 5) is 27.3. The van der Waals surface area contributed by atoms with Crippen LogP contribution in [-0.2, 0) is 33.6 Å². The van der Waals surface area contributed by atoms with Crippen molar-refractivity contribution < 1.29 is 31.7 Å². The van der Waals surface area contributed by atoms with Crippen LogP contribution in [0.25, 0.3) is 0 Å². The number of nitrogens with zero attached hydrogens (tertiary/aromatic N) is 1. The lowest BCUT2D eigenvalue weighted by molar-refractivity contribution is -0.161. The largest absolute Gasteiger partial charge is 0.462 e. The molecule has 0 amide bonds. The maximum Gasteiger partial charge on any atom is 0.336 e. The van der Waals surface area contributed by atoms with Gasteiger partial charge in [0.05, 0.1) is 0 Å². The number of ether oxygens (including phenoxy) is 2. The fraction of sp³-hybridized carbons (Fsp3) is 0.867. The first-order chi connectivity index (χ1) is 26.8. The minimum absolute atomic E-state index is 0.203. The highest BCUT2D eigenvalue weighted by Gasteiger charge is 2.21. The van der Waals surface area contributed by atoms with E-state index in [4.69, 9.17) is 13.7 Å². The lowest BCUT2D eigenvalue weighted by atomic mass is 10.1. The molecule has 0 radical (unpaired) electrons. The van der Waals surface area contributed by atoms with E-state index in [9.17, 15) is 18.0 Å². The zero-order valence-electron chi connectivity index (χ0n) is 36.1. The first kappa shape index (κ1) is 53.2. The van der Waals surface area contributed by atoms with Crippen molar-refractivity contribution in [2.45, 2.75) is 214 Å². The highest BCUT2D eigenvalue weighted by atomic mass is 32.2. The molecule has 0 bridgehead atoms. The number of likely N-dealkylation sites (N-methyl/N-ethyl adjacent to an activating group) is 1. The van der Waals surface area contributed by atoms with Crippen LogP contribution in [-0.4, -0.2) is 70.8 Å². The quantitative estimate of drug-likeness (QED) is 0.0369. The van der Waals surface area contributed by atoms with E-state index < -0.39 is 29.0 Å². The standard InChI is InChI=1S/C45H86N2O7S/c1-5-9-11-13-15-17-19-21-23-25-27-29-31-33-35-37-44(48)52-41-43(42-53-55(50,51)46-39-40-47(7-3)8-4)54-45(49)38-36-34-32-30-28-26-24-22-20-18-16-14-12-10-6-2/h21-24,43,46H,5-20,25-42H2,1-4H3. The molecule has 0 saturated heterocycles. The zero-order chi connectivity index (χ0) is 40.5. The molecule has 0 aliphatic carbocycles. The van der Waals surface area contributed by atoms with Gasteiger partial charge in [-0.1, -0.05) is 155 Å². The summed E-state index contributed by atoms with van der Waals surface area (Å²) in [5, 5.41) is 0. The van der Waals surface area contributed by atoms with Crippen LogP contribution in [0.15, 0.2) is 24.3 Å². The molecular formula is C45H86N2O7S. The lowest BCUT2D eigenvalue weighted by Gasteiger charge is -2.19. The number of carbonyl (C=O) groups is 2. The molecule has 1 atom stereocenters. The van der Waals surface area contributed by atoms with Gasteiger partial charge in [-0.3, -0.25) is 13.8 Å². The second-order valence-corrected chi connectivity index (χ2v) is 16.6. The molecular weight excluding hydrogens is 713 g/mol. The normalized spacial score (nSPS) is 12.7. The third-order valence-electron chi connectivity index (χ3n) is 10.0. The highest BCUT2D eigenvalue weighted by Crippen LogP contribution is 2.13. The van der Waals surface area contributed by atoms with Crippen molar-refractivity contribution >= 4 is 22.2 Å². The number of esters is 2. The number of unbranched alkanes of at least 4 members (excludes halogenated alkanes) is 22. The van der Waals surface area contributed by atoms with Crippen LogP contribution in [0.1, 0.15) is 207 Å². The van der Waals surface area contributed by atoms with Crippen LogP contribution in [0.5, 0.6) is 0 Å². The minimum Gasteiger partial charge on any atom is -0.462 e. The first-order valence-electron chi connectivity index (χ1n) is 22.8. The van der Waals surface area contributed by atoms with E-state index in [1.807, 2.05) is 13.8 Å². The molecule has 1 unspecified atom stereocenters. The van der Waals surface area contributed by atoms with Gasteiger partial charge in [-0.05, 0) is 77.3 Å². The molecule has 324 valence electrons. The number of rotatable bonds is 42. The Morgan fingerprint density at radius 3 is 1.38 bits per heavy atom. The Morgan fingerprint density at radius 1 is 0.545 bits per heavy atom. The molecule has 0 spiro atoms. The van der Waals surface area contributed by atoms with Crippen molar-refractivity contribution in [3.05, 3.63) is 24.3 Å². The Bertz CT molecular complexity index is 1030. The maximum absolute atomic E-state index is 12.7.